The lowest BCUT2D eigenvalue weighted by Crippen LogP contribution is -2.63. The van der Waals surface area contributed by atoms with Crippen molar-refractivity contribution in [3.8, 4) is 11.5 Å². The van der Waals surface area contributed by atoms with Gasteiger partial charge in [-0.2, -0.15) is 0 Å². The van der Waals surface area contributed by atoms with Gasteiger partial charge in [0, 0.05) is 31.3 Å². The monoisotopic (exact) mass is 433 g/mol. The van der Waals surface area contributed by atoms with Crippen LogP contribution in [0.15, 0.2) is 42.5 Å². The van der Waals surface area contributed by atoms with Crippen LogP contribution in [0.4, 0.5) is 5.69 Å². The van der Waals surface area contributed by atoms with Crippen LogP contribution in [0.5, 0.6) is 11.5 Å². The van der Waals surface area contributed by atoms with Crippen LogP contribution in [-0.4, -0.2) is 60.5 Å². The maximum Gasteiger partial charge on any atom is 0.245 e. The second-order valence-corrected chi connectivity index (χ2v) is 9.37. The van der Waals surface area contributed by atoms with E-state index in [9.17, 15) is 9.59 Å². The molecule has 4 aliphatic heterocycles. The van der Waals surface area contributed by atoms with Crippen molar-refractivity contribution in [1.82, 2.24) is 9.80 Å². The third-order valence-electron chi connectivity index (χ3n) is 8.01. The van der Waals surface area contributed by atoms with E-state index >= 15 is 0 Å². The average molecular weight is 434 g/mol. The fourth-order valence-electron chi connectivity index (χ4n) is 6.59. The van der Waals surface area contributed by atoms with Crippen molar-refractivity contribution < 1.29 is 19.1 Å². The van der Waals surface area contributed by atoms with E-state index in [1.54, 1.807) is 14.2 Å². The van der Waals surface area contributed by atoms with E-state index in [1.165, 1.54) is 11.1 Å². The normalized spacial score (nSPS) is 30.0. The number of amides is 2. The molecule has 2 bridgehead atoms. The molecule has 4 heterocycles. The third kappa shape index (κ3) is 2.45. The van der Waals surface area contributed by atoms with Crippen molar-refractivity contribution in [3.63, 3.8) is 0 Å². The Labute approximate surface area is 187 Å². The predicted octanol–water partition coefficient (Wildman–Crippen LogP) is 2.54. The van der Waals surface area contributed by atoms with E-state index in [2.05, 4.69) is 27.2 Å². The Balaban J connectivity index is 1.41. The maximum absolute atomic E-state index is 13.8. The molecule has 3 atom stereocenters. The van der Waals surface area contributed by atoms with Gasteiger partial charge in [0.05, 0.1) is 25.8 Å². The quantitative estimate of drug-likeness (QED) is 0.803. The van der Waals surface area contributed by atoms with Crippen LogP contribution in [0, 0.1) is 0 Å². The topological polar surface area (TPSA) is 71.1 Å². The van der Waals surface area contributed by atoms with E-state index in [4.69, 9.17) is 9.47 Å². The smallest absolute Gasteiger partial charge is 0.245 e. The van der Waals surface area contributed by atoms with Gasteiger partial charge in [-0.05, 0) is 54.7 Å². The van der Waals surface area contributed by atoms with E-state index in [-0.39, 0.29) is 17.9 Å². The number of hydrogen-bond acceptors (Lipinski definition) is 5. The zero-order valence-electron chi connectivity index (χ0n) is 18.4. The van der Waals surface area contributed by atoms with Crippen LogP contribution >= 0.6 is 0 Å². The van der Waals surface area contributed by atoms with Crippen LogP contribution in [0.3, 0.4) is 0 Å². The molecule has 166 valence electrons. The van der Waals surface area contributed by atoms with Gasteiger partial charge in [0.25, 0.3) is 0 Å². The van der Waals surface area contributed by atoms with Gasteiger partial charge in [-0.15, -0.1) is 0 Å². The van der Waals surface area contributed by atoms with Crippen LogP contribution in [-0.2, 0) is 21.5 Å². The third-order valence-corrected chi connectivity index (χ3v) is 8.01. The lowest BCUT2D eigenvalue weighted by atomic mass is 9.73. The molecule has 32 heavy (non-hydrogen) atoms. The summed E-state index contributed by atoms with van der Waals surface area (Å²) in [6, 6.07) is 13.4. The molecule has 7 nitrogen and oxygen atoms in total. The van der Waals surface area contributed by atoms with Gasteiger partial charge < -0.3 is 19.7 Å². The summed E-state index contributed by atoms with van der Waals surface area (Å²) >= 11 is 0. The van der Waals surface area contributed by atoms with E-state index in [1.807, 2.05) is 30.3 Å². The average Bonchev–Trinajstić information content (AvgIpc) is 3.31. The Bertz CT molecular complexity index is 1130. The van der Waals surface area contributed by atoms with Gasteiger partial charge >= 0.3 is 0 Å². The minimum Gasteiger partial charge on any atom is -0.497 e. The molecule has 0 saturated carbocycles. The number of fused-ring (bicyclic) bond motifs is 1. The summed E-state index contributed by atoms with van der Waals surface area (Å²) in [7, 11) is 3.29. The highest BCUT2D eigenvalue weighted by atomic mass is 16.5. The Hall–Kier alpha value is -3.06. The number of anilines is 1. The SMILES string of the molecule is COc1cccc(NC(=O)C23CCC4C(=O)N5CCc6cc(OC)ccc6C5(CN42)C3)c1. The first-order valence-electron chi connectivity index (χ1n) is 11.2. The lowest BCUT2D eigenvalue weighted by molar-refractivity contribution is -0.149. The Morgan fingerprint density at radius 2 is 1.94 bits per heavy atom. The van der Waals surface area contributed by atoms with Gasteiger partial charge in [0.15, 0.2) is 0 Å². The molecule has 0 aromatic heterocycles. The Morgan fingerprint density at radius 3 is 2.75 bits per heavy atom. The van der Waals surface area contributed by atoms with Crippen LogP contribution in [0.1, 0.15) is 30.4 Å². The van der Waals surface area contributed by atoms with E-state index in [0.29, 0.717) is 37.4 Å². The number of methoxy groups -OCH3 is 2. The Morgan fingerprint density at radius 1 is 1.12 bits per heavy atom. The molecule has 3 saturated heterocycles. The highest BCUT2D eigenvalue weighted by molar-refractivity contribution is 6.01. The molecule has 0 aliphatic carbocycles. The summed E-state index contributed by atoms with van der Waals surface area (Å²) in [4.78, 5) is 31.6. The van der Waals surface area contributed by atoms with Crippen LogP contribution < -0.4 is 14.8 Å². The fourth-order valence-corrected chi connectivity index (χ4v) is 6.59. The zero-order chi connectivity index (χ0) is 22.1. The van der Waals surface area contributed by atoms with E-state index in [0.717, 1.165) is 18.6 Å². The van der Waals surface area contributed by atoms with Crippen molar-refractivity contribution in [2.24, 2.45) is 0 Å². The number of carbonyl (C=O) groups excluding carboxylic acids is 2. The summed E-state index contributed by atoms with van der Waals surface area (Å²) in [6.45, 7) is 1.39. The summed E-state index contributed by atoms with van der Waals surface area (Å²) in [6.07, 6.45) is 2.86. The predicted molar refractivity (Wildman–Crippen MR) is 119 cm³/mol. The number of nitrogens with zero attached hydrogens (tertiary/aromatic N) is 2. The minimum absolute atomic E-state index is 0.0274. The van der Waals surface area contributed by atoms with Gasteiger partial charge in [-0.1, -0.05) is 12.1 Å². The molecular formula is C25H27N3O4. The van der Waals surface area contributed by atoms with Gasteiger partial charge in [-0.3, -0.25) is 14.5 Å². The molecule has 2 aromatic rings. The first kappa shape index (κ1) is 19.6. The minimum atomic E-state index is -0.688. The molecule has 0 radical (unpaired) electrons. The first-order chi connectivity index (χ1) is 15.5. The molecule has 1 N–H and O–H groups in total. The molecule has 3 fully saturated rings. The van der Waals surface area contributed by atoms with E-state index < -0.39 is 11.1 Å². The lowest BCUT2D eigenvalue weighted by Gasteiger charge is -2.50. The molecule has 2 aromatic carbocycles. The number of rotatable bonds is 4. The summed E-state index contributed by atoms with van der Waals surface area (Å²) in [5, 5.41) is 3.13. The highest BCUT2D eigenvalue weighted by Gasteiger charge is 2.70. The van der Waals surface area contributed by atoms with Crippen molar-refractivity contribution >= 4 is 17.5 Å². The molecule has 7 heteroatoms. The number of carbonyl (C=O) groups is 2. The molecule has 4 aliphatic rings. The van der Waals surface area contributed by atoms with Gasteiger partial charge in [-0.25, -0.2) is 0 Å². The first-order valence-corrected chi connectivity index (χ1v) is 11.2. The number of hydrogen-bond donors (Lipinski definition) is 1. The summed E-state index contributed by atoms with van der Waals surface area (Å²) in [5.41, 5.74) is 1.95. The molecule has 3 unspecified atom stereocenters. The molecular weight excluding hydrogens is 406 g/mol. The Kier molecular flexibility index (Phi) is 4.12. The standard InChI is InChI=1S/C25H27N3O4/c1-31-18-5-3-4-17(13-18)26-23(30)24-10-8-21-22(29)27-11-9-16-12-19(32-2)6-7-20(16)25(27,14-24)15-28(21)24/h3-7,12-13,21H,8-11,14-15H2,1-2H3,(H,26,30). The molecule has 6 rings (SSSR count). The number of benzene rings is 2. The summed E-state index contributed by atoms with van der Waals surface area (Å²) < 4.78 is 10.8. The number of ether oxygens (including phenoxy) is 2. The van der Waals surface area contributed by atoms with Crippen molar-refractivity contribution in [2.75, 3.05) is 32.6 Å². The van der Waals surface area contributed by atoms with Crippen LogP contribution in [0.25, 0.3) is 0 Å². The highest BCUT2D eigenvalue weighted by Crippen LogP contribution is 2.58. The van der Waals surface area contributed by atoms with Crippen molar-refractivity contribution in [2.45, 2.75) is 42.8 Å². The van der Waals surface area contributed by atoms with Gasteiger partial charge in [0.1, 0.15) is 17.0 Å². The van der Waals surface area contributed by atoms with Crippen LogP contribution in [0.2, 0.25) is 0 Å². The molecule has 2 amide bonds. The second-order valence-electron chi connectivity index (χ2n) is 9.37. The summed E-state index contributed by atoms with van der Waals surface area (Å²) in [5.74, 6) is 1.68. The second kappa shape index (κ2) is 6.72. The number of nitrogens with one attached hydrogen (secondary N) is 1. The maximum atomic E-state index is 13.8. The van der Waals surface area contributed by atoms with Crippen molar-refractivity contribution in [3.05, 3.63) is 53.6 Å². The van der Waals surface area contributed by atoms with Crippen molar-refractivity contribution in [1.29, 1.82) is 0 Å². The largest absolute Gasteiger partial charge is 0.497 e. The fraction of sp³-hybridized carbons (Fsp3) is 0.440. The molecule has 1 spiro atoms. The number of piperazine rings is 1. The van der Waals surface area contributed by atoms with Gasteiger partial charge in [0.2, 0.25) is 11.8 Å². The zero-order valence-corrected chi connectivity index (χ0v) is 18.4.